The number of hydrogen-bond acceptors (Lipinski definition) is 5. The van der Waals surface area contributed by atoms with Gasteiger partial charge in [-0.05, 0) is 81.6 Å². The third-order valence-corrected chi connectivity index (χ3v) is 6.21. The van der Waals surface area contributed by atoms with E-state index >= 15 is 0 Å². The number of rotatable bonds is 5. The number of carbonyl (C=O) groups excluding carboxylic acids is 1. The minimum Gasteiger partial charge on any atom is -0.444 e. The number of aromatic amines is 1. The first-order valence-electron chi connectivity index (χ1n) is 12.6. The maximum absolute atomic E-state index is 12.2. The molecule has 0 unspecified atom stereocenters. The van der Waals surface area contributed by atoms with Crippen LogP contribution >= 0.6 is 0 Å². The van der Waals surface area contributed by atoms with Gasteiger partial charge in [-0.2, -0.15) is 0 Å². The summed E-state index contributed by atoms with van der Waals surface area (Å²) in [6.45, 7) is 9.46. The first-order valence-corrected chi connectivity index (χ1v) is 12.6. The molecular formula is C31H31N5O2. The number of nitrogens with one attached hydrogen (secondary N) is 2. The predicted molar refractivity (Wildman–Crippen MR) is 151 cm³/mol. The maximum atomic E-state index is 12.2. The van der Waals surface area contributed by atoms with Gasteiger partial charge in [0.1, 0.15) is 11.2 Å². The maximum Gasteiger partial charge on any atom is 0.408 e. The number of ether oxygens (including phenoxy) is 1. The zero-order valence-corrected chi connectivity index (χ0v) is 22.2. The van der Waals surface area contributed by atoms with Crippen molar-refractivity contribution in [1.29, 1.82) is 0 Å². The van der Waals surface area contributed by atoms with Gasteiger partial charge < -0.3 is 15.0 Å². The van der Waals surface area contributed by atoms with Gasteiger partial charge >= 0.3 is 6.09 Å². The second-order valence-electron chi connectivity index (χ2n) is 10.4. The number of aromatic nitrogens is 4. The van der Waals surface area contributed by atoms with Crippen molar-refractivity contribution in [3.63, 3.8) is 0 Å². The van der Waals surface area contributed by atoms with Gasteiger partial charge in [-0.1, -0.05) is 30.3 Å². The van der Waals surface area contributed by atoms with Crippen LogP contribution in [0.4, 0.5) is 4.79 Å². The fraction of sp³-hybridized carbons (Fsp3) is 0.226. The molecule has 0 radical (unpaired) electrons. The summed E-state index contributed by atoms with van der Waals surface area (Å²) in [5.74, 6) is 0. The Morgan fingerprint density at radius 3 is 2.42 bits per heavy atom. The van der Waals surface area contributed by atoms with E-state index in [1.54, 1.807) is 0 Å². The number of carbonyl (C=O) groups is 1. The zero-order valence-electron chi connectivity index (χ0n) is 22.2. The van der Waals surface area contributed by atoms with Crippen LogP contribution < -0.4 is 5.32 Å². The summed E-state index contributed by atoms with van der Waals surface area (Å²) in [6.07, 6.45) is 5.20. The van der Waals surface area contributed by atoms with E-state index in [1.807, 2.05) is 102 Å². The average Bonchev–Trinajstić information content (AvgIpc) is 3.36. The highest BCUT2D eigenvalue weighted by molar-refractivity contribution is 5.95. The molecule has 1 atom stereocenters. The topological polar surface area (TPSA) is 92.8 Å². The number of nitrogens with zero attached hydrogens (tertiary/aromatic N) is 3. The highest BCUT2D eigenvalue weighted by Gasteiger charge is 2.18. The number of amides is 1. The van der Waals surface area contributed by atoms with Crippen LogP contribution in [0.1, 0.15) is 45.0 Å². The van der Waals surface area contributed by atoms with Crippen molar-refractivity contribution in [2.75, 3.05) is 0 Å². The Bertz CT molecular complexity index is 1600. The number of H-pyrrole nitrogens is 1. The Balaban J connectivity index is 1.44. The van der Waals surface area contributed by atoms with Crippen LogP contribution in [0.25, 0.3) is 44.7 Å². The van der Waals surface area contributed by atoms with Gasteiger partial charge in [0.25, 0.3) is 0 Å². The summed E-state index contributed by atoms with van der Waals surface area (Å²) in [4.78, 5) is 29.4. The van der Waals surface area contributed by atoms with Crippen molar-refractivity contribution in [3.8, 4) is 33.6 Å². The SMILES string of the molecule is Cc1cccc(-c2cc(-c3cncc(-c4ccc([C@@H](C)NC(=O)OC(C)(C)C)cc4)c3)c3cc[nH]c3n2)n1. The van der Waals surface area contributed by atoms with Gasteiger partial charge in [-0.3, -0.25) is 9.97 Å². The van der Waals surface area contributed by atoms with Crippen molar-refractivity contribution in [2.24, 2.45) is 0 Å². The Morgan fingerprint density at radius 1 is 0.921 bits per heavy atom. The van der Waals surface area contributed by atoms with Crippen molar-refractivity contribution in [3.05, 3.63) is 90.5 Å². The molecule has 1 aromatic carbocycles. The molecule has 38 heavy (non-hydrogen) atoms. The quantitative estimate of drug-likeness (QED) is 0.262. The molecule has 0 bridgehead atoms. The standard InChI is InChI=1S/C31H31N5O2/c1-19-7-6-8-27(34-19)28-16-26(25-13-14-33-29(25)36-28)24-15-23(17-32-18-24)22-11-9-21(10-12-22)20(2)35-30(37)38-31(3,4)5/h6-18,20H,1-5H3,(H,33,36)(H,35,37)/t20-/m1/s1. The molecule has 1 amide bonds. The monoisotopic (exact) mass is 505 g/mol. The highest BCUT2D eigenvalue weighted by atomic mass is 16.6. The van der Waals surface area contributed by atoms with Crippen LogP contribution in [0, 0.1) is 6.92 Å². The molecule has 2 N–H and O–H groups in total. The first kappa shape index (κ1) is 25.1. The van der Waals surface area contributed by atoms with E-state index < -0.39 is 11.7 Å². The van der Waals surface area contributed by atoms with E-state index in [4.69, 9.17) is 9.72 Å². The molecule has 5 aromatic rings. The van der Waals surface area contributed by atoms with E-state index in [-0.39, 0.29) is 6.04 Å². The lowest BCUT2D eigenvalue weighted by Gasteiger charge is -2.22. The second-order valence-corrected chi connectivity index (χ2v) is 10.4. The van der Waals surface area contributed by atoms with Gasteiger partial charge in [0.15, 0.2) is 0 Å². The average molecular weight is 506 g/mol. The van der Waals surface area contributed by atoms with Gasteiger partial charge in [0.05, 0.1) is 17.4 Å². The number of fused-ring (bicyclic) bond motifs is 1. The molecule has 0 saturated heterocycles. The summed E-state index contributed by atoms with van der Waals surface area (Å²) in [7, 11) is 0. The minimum atomic E-state index is -0.538. The molecule has 7 heteroatoms. The molecule has 0 fully saturated rings. The summed E-state index contributed by atoms with van der Waals surface area (Å²) in [5, 5.41) is 3.92. The molecule has 5 rings (SSSR count). The van der Waals surface area contributed by atoms with Crippen LogP contribution in [0.5, 0.6) is 0 Å². The number of benzene rings is 1. The number of hydrogen-bond donors (Lipinski definition) is 2. The Morgan fingerprint density at radius 2 is 1.68 bits per heavy atom. The lowest BCUT2D eigenvalue weighted by atomic mass is 9.98. The molecule has 0 aliphatic rings. The number of alkyl carbamates (subject to hydrolysis) is 1. The molecular weight excluding hydrogens is 474 g/mol. The minimum absolute atomic E-state index is 0.185. The third-order valence-electron chi connectivity index (χ3n) is 6.21. The Hall–Kier alpha value is -4.52. The molecule has 4 heterocycles. The molecule has 0 saturated carbocycles. The molecule has 0 spiro atoms. The fourth-order valence-corrected chi connectivity index (χ4v) is 4.37. The first-order chi connectivity index (χ1) is 18.2. The van der Waals surface area contributed by atoms with E-state index in [1.165, 1.54) is 0 Å². The Kier molecular flexibility index (Phi) is 6.68. The van der Waals surface area contributed by atoms with Crippen molar-refractivity contribution in [2.45, 2.75) is 46.3 Å². The largest absolute Gasteiger partial charge is 0.444 e. The molecule has 7 nitrogen and oxygen atoms in total. The van der Waals surface area contributed by atoms with Crippen LogP contribution in [0.2, 0.25) is 0 Å². The van der Waals surface area contributed by atoms with E-state index in [2.05, 4.69) is 32.4 Å². The molecule has 0 aliphatic heterocycles. The zero-order chi connectivity index (χ0) is 26.9. The lowest BCUT2D eigenvalue weighted by Crippen LogP contribution is -2.34. The van der Waals surface area contributed by atoms with Gasteiger partial charge in [-0.15, -0.1) is 0 Å². The van der Waals surface area contributed by atoms with E-state index in [0.717, 1.165) is 55.9 Å². The number of aryl methyl sites for hydroxylation is 1. The summed E-state index contributed by atoms with van der Waals surface area (Å²) < 4.78 is 5.38. The van der Waals surface area contributed by atoms with Crippen LogP contribution in [-0.2, 0) is 4.74 Å². The van der Waals surface area contributed by atoms with E-state index in [0.29, 0.717) is 0 Å². The highest BCUT2D eigenvalue weighted by Crippen LogP contribution is 2.33. The number of pyridine rings is 3. The van der Waals surface area contributed by atoms with Gasteiger partial charge in [-0.25, -0.2) is 9.78 Å². The second kappa shape index (κ2) is 10.1. The summed E-state index contributed by atoms with van der Waals surface area (Å²) >= 11 is 0. The normalized spacial score (nSPS) is 12.3. The van der Waals surface area contributed by atoms with Gasteiger partial charge in [0, 0.05) is 40.8 Å². The fourth-order valence-electron chi connectivity index (χ4n) is 4.37. The summed E-state index contributed by atoms with van der Waals surface area (Å²) in [6, 6.07) is 20.1. The Labute approximate surface area is 222 Å². The van der Waals surface area contributed by atoms with Crippen molar-refractivity contribution < 1.29 is 9.53 Å². The predicted octanol–water partition coefficient (Wildman–Crippen LogP) is 7.25. The van der Waals surface area contributed by atoms with Crippen LogP contribution in [0.15, 0.2) is 79.3 Å². The smallest absolute Gasteiger partial charge is 0.408 e. The third kappa shape index (κ3) is 5.57. The van der Waals surface area contributed by atoms with Gasteiger partial charge in [0.2, 0.25) is 0 Å². The van der Waals surface area contributed by atoms with Crippen molar-refractivity contribution in [1.82, 2.24) is 25.3 Å². The summed E-state index contributed by atoms with van der Waals surface area (Å²) in [5.41, 5.74) is 7.90. The molecule has 0 aliphatic carbocycles. The van der Waals surface area contributed by atoms with Crippen molar-refractivity contribution >= 4 is 17.1 Å². The van der Waals surface area contributed by atoms with Crippen LogP contribution in [-0.4, -0.2) is 31.6 Å². The lowest BCUT2D eigenvalue weighted by molar-refractivity contribution is 0.0508. The van der Waals surface area contributed by atoms with E-state index in [9.17, 15) is 4.79 Å². The molecule has 192 valence electrons. The molecule has 4 aromatic heterocycles. The van der Waals surface area contributed by atoms with Crippen LogP contribution in [0.3, 0.4) is 0 Å².